The number of carbonyl (C=O) groups excluding carboxylic acids is 2. The first-order valence-corrected chi connectivity index (χ1v) is 11.6. The number of carbonyl (C=O) groups is 2. The summed E-state index contributed by atoms with van der Waals surface area (Å²) >= 11 is 0. The Labute approximate surface area is 203 Å². The summed E-state index contributed by atoms with van der Waals surface area (Å²) in [6.07, 6.45) is 7.15. The van der Waals surface area contributed by atoms with Crippen molar-refractivity contribution in [3.63, 3.8) is 0 Å². The number of nitrogens with zero attached hydrogens (tertiary/aromatic N) is 5. The van der Waals surface area contributed by atoms with Crippen molar-refractivity contribution in [1.29, 1.82) is 0 Å². The Morgan fingerprint density at radius 2 is 1.86 bits per heavy atom. The lowest BCUT2D eigenvalue weighted by molar-refractivity contribution is 0.0705. The van der Waals surface area contributed by atoms with Crippen LogP contribution < -0.4 is 5.73 Å². The van der Waals surface area contributed by atoms with Crippen molar-refractivity contribution < 1.29 is 9.59 Å². The quantitative estimate of drug-likeness (QED) is 0.483. The predicted octanol–water partition coefficient (Wildman–Crippen LogP) is 3.66. The third-order valence-electron chi connectivity index (χ3n) is 6.35. The minimum absolute atomic E-state index is 0.00689. The molecular formula is C27H26N6O2. The molecule has 1 unspecified atom stereocenters. The number of aryl methyl sites for hydroxylation is 1. The van der Waals surface area contributed by atoms with E-state index in [1.165, 1.54) is 0 Å². The molecule has 5 rings (SSSR count). The number of likely N-dealkylation sites (tertiary alicyclic amines) is 1. The number of nitrogens with two attached hydrogens (primary N) is 1. The maximum atomic E-state index is 13.4. The number of benzene rings is 1. The Hall–Kier alpha value is -4.33. The van der Waals surface area contributed by atoms with Crippen LogP contribution in [0.3, 0.4) is 0 Å². The second kappa shape index (κ2) is 9.50. The number of primary amides is 1. The van der Waals surface area contributed by atoms with Crippen molar-refractivity contribution in [2.75, 3.05) is 13.1 Å². The van der Waals surface area contributed by atoms with Gasteiger partial charge in [0.2, 0.25) is 5.91 Å². The minimum atomic E-state index is -0.466. The Morgan fingerprint density at radius 3 is 2.66 bits per heavy atom. The molecule has 0 saturated carbocycles. The molecule has 1 aliphatic rings. The number of hydrogen-bond acceptors (Lipinski definition) is 5. The molecule has 3 aromatic heterocycles. The summed E-state index contributed by atoms with van der Waals surface area (Å²) in [5, 5.41) is 4.19. The van der Waals surface area contributed by atoms with Crippen LogP contribution in [0, 0.1) is 0 Å². The predicted molar refractivity (Wildman–Crippen MR) is 133 cm³/mol. The van der Waals surface area contributed by atoms with Gasteiger partial charge in [-0.25, -0.2) is 0 Å². The van der Waals surface area contributed by atoms with E-state index in [2.05, 4.69) is 10.1 Å². The smallest absolute Gasteiger partial charge is 0.254 e. The van der Waals surface area contributed by atoms with Gasteiger partial charge in [-0.15, -0.1) is 0 Å². The van der Waals surface area contributed by atoms with Crippen molar-refractivity contribution >= 4 is 11.8 Å². The van der Waals surface area contributed by atoms with Crippen LogP contribution in [-0.4, -0.2) is 49.6 Å². The lowest BCUT2D eigenvalue weighted by Gasteiger charge is -2.32. The number of hydrogen-bond donors (Lipinski definition) is 1. The highest BCUT2D eigenvalue weighted by Gasteiger charge is 2.27. The van der Waals surface area contributed by atoms with Gasteiger partial charge in [-0.3, -0.25) is 24.2 Å². The largest absolute Gasteiger partial charge is 0.366 e. The van der Waals surface area contributed by atoms with Gasteiger partial charge in [0.15, 0.2) is 0 Å². The number of rotatable bonds is 5. The number of pyridine rings is 2. The molecule has 0 radical (unpaired) electrons. The summed E-state index contributed by atoms with van der Waals surface area (Å²) in [7, 11) is 1.85. The van der Waals surface area contributed by atoms with Crippen LogP contribution in [0.15, 0.2) is 73.2 Å². The molecule has 2 amide bonds. The van der Waals surface area contributed by atoms with E-state index in [-0.39, 0.29) is 11.8 Å². The zero-order chi connectivity index (χ0) is 24.4. The second-order valence-corrected chi connectivity index (χ2v) is 8.82. The molecule has 8 nitrogen and oxygen atoms in total. The van der Waals surface area contributed by atoms with Gasteiger partial charge in [-0.1, -0.05) is 18.2 Å². The molecule has 0 aliphatic carbocycles. The van der Waals surface area contributed by atoms with Crippen molar-refractivity contribution in [1.82, 2.24) is 24.6 Å². The fourth-order valence-electron chi connectivity index (χ4n) is 4.53. The monoisotopic (exact) mass is 466 g/mol. The zero-order valence-electron chi connectivity index (χ0n) is 19.5. The lowest BCUT2D eigenvalue weighted by atomic mass is 9.93. The molecule has 0 spiro atoms. The molecule has 1 aromatic carbocycles. The Balaban J connectivity index is 1.35. The molecule has 4 aromatic rings. The average molecular weight is 467 g/mol. The number of aromatic nitrogens is 4. The van der Waals surface area contributed by atoms with Crippen LogP contribution in [0.5, 0.6) is 0 Å². The van der Waals surface area contributed by atoms with Crippen molar-refractivity contribution in [2.45, 2.75) is 18.8 Å². The van der Waals surface area contributed by atoms with E-state index in [1.54, 1.807) is 41.3 Å². The Morgan fingerprint density at radius 1 is 1.00 bits per heavy atom. The molecule has 1 saturated heterocycles. The molecule has 1 atom stereocenters. The maximum absolute atomic E-state index is 13.4. The summed E-state index contributed by atoms with van der Waals surface area (Å²) in [4.78, 5) is 36.1. The molecule has 176 valence electrons. The fourth-order valence-corrected chi connectivity index (χ4v) is 4.53. The summed E-state index contributed by atoms with van der Waals surface area (Å²) in [5.41, 5.74) is 10.7. The average Bonchev–Trinajstić information content (AvgIpc) is 3.35. The highest BCUT2D eigenvalue weighted by atomic mass is 16.2. The molecule has 8 heteroatoms. The SMILES string of the molecule is Cn1cc(-c2cc(C(=O)N3CCCC(c4cccc(-c5cccc(C(N)=O)c5)n4)C3)ccn2)cn1. The van der Waals surface area contributed by atoms with Gasteiger partial charge in [-0.05, 0) is 49.2 Å². The van der Waals surface area contributed by atoms with Gasteiger partial charge in [0.1, 0.15) is 0 Å². The first kappa shape index (κ1) is 22.5. The highest BCUT2D eigenvalue weighted by molar-refractivity contribution is 5.95. The van der Waals surface area contributed by atoms with Crippen LogP contribution in [0.2, 0.25) is 0 Å². The maximum Gasteiger partial charge on any atom is 0.254 e. The number of piperidine rings is 1. The van der Waals surface area contributed by atoms with Crippen molar-refractivity contribution in [2.24, 2.45) is 12.8 Å². The molecule has 35 heavy (non-hydrogen) atoms. The molecule has 4 heterocycles. The van der Waals surface area contributed by atoms with Crippen molar-refractivity contribution in [3.8, 4) is 22.5 Å². The van der Waals surface area contributed by atoms with E-state index in [0.717, 1.165) is 41.1 Å². The first-order chi connectivity index (χ1) is 17.0. The summed E-state index contributed by atoms with van der Waals surface area (Å²) in [6.45, 7) is 1.31. The minimum Gasteiger partial charge on any atom is -0.366 e. The standard InChI is InChI=1S/C27H26N6O2/c1-32-16-22(15-30-32)25-14-20(10-11-29-25)27(35)33-12-4-7-21(17-33)24-9-3-8-23(31-24)18-5-2-6-19(13-18)26(28)34/h2-3,5-6,8-11,13-16,21H,4,7,12,17H2,1H3,(H2,28,34). The van der Waals surface area contributed by atoms with Gasteiger partial charge in [0.25, 0.3) is 5.91 Å². The van der Waals surface area contributed by atoms with Gasteiger partial charge in [0.05, 0.1) is 17.6 Å². The van der Waals surface area contributed by atoms with E-state index in [1.807, 2.05) is 48.5 Å². The van der Waals surface area contributed by atoms with E-state index in [0.29, 0.717) is 24.2 Å². The Bertz CT molecular complexity index is 1400. The third-order valence-corrected chi connectivity index (χ3v) is 6.35. The highest BCUT2D eigenvalue weighted by Crippen LogP contribution is 2.29. The molecule has 0 bridgehead atoms. The van der Waals surface area contributed by atoms with Crippen LogP contribution in [0.25, 0.3) is 22.5 Å². The third kappa shape index (κ3) is 4.82. The van der Waals surface area contributed by atoms with Gasteiger partial charge < -0.3 is 10.6 Å². The topological polar surface area (TPSA) is 107 Å². The Kier molecular flexibility index (Phi) is 6.10. The van der Waals surface area contributed by atoms with Crippen molar-refractivity contribution in [3.05, 3.63) is 90.0 Å². The van der Waals surface area contributed by atoms with Gasteiger partial charge >= 0.3 is 0 Å². The zero-order valence-corrected chi connectivity index (χ0v) is 19.5. The second-order valence-electron chi connectivity index (χ2n) is 8.82. The van der Waals surface area contributed by atoms with Crippen LogP contribution in [-0.2, 0) is 7.05 Å². The fraction of sp³-hybridized carbons (Fsp3) is 0.222. The molecule has 1 aliphatic heterocycles. The van der Waals surface area contributed by atoms with E-state index < -0.39 is 5.91 Å². The lowest BCUT2D eigenvalue weighted by Crippen LogP contribution is -2.39. The first-order valence-electron chi connectivity index (χ1n) is 11.6. The molecule has 1 fully saturated rings. The number of amides is 2. The van der Waals surface area contributed by atoms with Crippen LogP contribution >= 0.6 is 0 Å². The summed E-state index contributed by atoms with van der Waals surface area (Å²) in [5.74, 6) is -0.341. The van der Waals surface area contributed by atoms with E-state index in [4.69, 9.17) is 10.7 Å². The summed E-state index contributed by atoms with van der Waals surface area (Å²) in [6, 6.07) is 16.7. The van der Waals surface area contributed by atoms with E-state index >= 15 is 0 Å². The van der Waals surface area contributed by atoms with Crippen LogP contribution in [0.4, 0.5) is 0 Å². The van der Waals surface area contributed by atoms with Gasteiger partial charge in [-0.2, -0.15) is 5.10 Å². The molecular weight excluding hydrogens is 440 g/mol. The van der Waals surface area contributed by atoms with Gasteiger partial charge in [0, 0.05) is 66.4 Å². The normalized spacial score (nSPS) is 15.7. The van der Waals surface area contributed by atoms with Crippen LogP contribution in [0.1, 0.15) is 45.2 Å². The molecule has 2 N–H and O–H groups in total. The van der Waals surface area contributed by atoms with E-state index in [9.17, 15) is 9.59 Å². The summed E-state index contributed by atoms with van der Waals surface area (Å²) < 4.78 is 1.71.